The number of hydrogen-bond donors (Lipinski definition) is 1. The quantitative estimate of drug-likeness (QED) is 0.664. The first-order valence-electron chi connectivity index (χ1n) is 10.7. The SMILES string of the molecule is CCc1ccc(NC(=O)[C@@H]2CCCN(c3ccc(-c4cccc(C)c4)nn3)C2)cc1. The van der Waals surface area contributed by atoms with Gasteiger partial charge in [0, 0.05) is 24.3 Å². The topological polar surface area (TPSA) is 58.1 Å². The van der Waals surface area contributed by atoms with Crippen LogP contribution in [-0.2, 0) is 11.2 Å². The number of rotatable bonds is 5. The van der Waals surface area contributed by atoms with Crippen molar-refractivity contribution in [2.45, 2.75) is 33.1 Å². The average Bonchev–Trinajstić information content (AvgIpc) is 2.80. The van der Waals surface area contributed by atoms with Crippen LogP contribution < -0.4 is 10.2 Å². The van der Waals surface area contributed by atoms with Gasteiger partial charge in [-0.2, -0.15) is 0 Å². The first kappa shape index (κ1) is 20.1. The molecule has 0 bridgehead atoms. The number of piperidine rings is 1. The maximum Gasteiger partial charge on any atom is 0.229 e. The molecule has 1 N–H and O–H groups in total. The second-order valence-electron chi connectivity index (χ2n) is 7.97. The first-order chi connectivity index (χ1) is 14.6. The van der Waals surface area contributed by atoms with Gasteiger partial charge in [0.05, 0.1) is 11.6 Å². The molecule has 5 heteroatoms. The maximum absolute atomic E-state index is 12.8. The Morgan fingerprint density at radius 3 is 2.63 bits per heavy atom. The van der Waals surface area contributed by atoms with Gasteiger partial charge in [0.1, 0.15) is 0 Å². The molecule has 0 saturated carbocycles. The number of carbonyl (C=O) groups is 1. The summed E-state index contributed by atoms with van der Waals surface area (Å²) in [7, 11) is 0. The predicted octanol–water partition coefficient (Wildman–Crippen LogP) is 4.87. The van der Waals surface area contributed by atoms with Crippen LogP contribution in [0.5, 0.6) is 0 Å². The van der Waals surface area contributed by atoms with Crippen LogP contribution in [-0.4, -0.2) is 29.2 Å². The van der Waals surface area contributed by atoms with E-state index in [1.54, 1.807) is 0 Å². The number of aromatic nitrogens is 2. The molecule has 1 aromatic heterocycles. The van der Waals surface area contributed by atoms with E-state index in [0.717, 1.165) is 48.6 Å². The monoisotopic (exact) mass is 400 g/mol. The molecule has 1 fully saturated rings. The summed E-state index contributed by atoms with van der Waals surface area (Å²) in [5.41, 5.74) is 5.26. The van der Waals surface area contributed by atoms with Gasteiger partial charge >= 0.3 is 0 Å². The Labute approximate surface area is 178 Å². The lowest BCUT2D eigenvalue weighted by Crippen LogP contribution is -2.41. The van der Waals surface area contributed by atoms with Crippen molar-refractivity contribution in [3.63, 3.8) is 0 Å². The third-order valence-corrected chi connectivity index (χ3v) is 5.71. The molecule has 1 amide bonds. The smallest absolute Gasteiger partial charge is 0.229 e. The standard InChI is InChI=1S/C25H28N4O/c1-3-19-9-11-22(12-10-19)26-25(30)21-8-5-15-29(17-21)24-14-13-23(27-28-24)20-7-4-6-18(2)16-20/h4,6-7,9-14,16,21H,3,5,8,15,17H2,1-2H3,(H,26,30)/t21-/m1/s1. The lowest BCUT2D eigenvalue weighted by molar-refractivity contribution is -0.120. The van der Waals surface area contributed by atoms with E-state index in [4.69, 9.17) is 0 Å². The van der Waals surface area contributed by atoms with E-state index < -0.39 is 0 Å². The minimum atomic E-state index is -0.0529. The lowest BCUT2D eigenvalue weighted by Gasteiger charge is -2.32. The Balaban J connectivity index is 1.41. The van der Waals surface area contributed by atoms with E-state index in [1.807, 2.05) is 36.4 Å². The van der Waals surface area contributed by atoms with Gasteiger partial charge in [-0.15, -0.1) is 10.2 Å². The molecule has 30 heavy (non-hydrogen) atoms. The van der Waals surface area contributed by atoms with Gasteiger partial charge in [0.25, 0.3) is 0 Å². The minimum absolute atomic E-state index is 0.0529. The van der Waals surface area contributed by atoms with Crippen LogP contribution >= 0.6 is 0 Å². The molecule has 4 rings (SSSR count). The Kier molecular flexibility index (Phi) is 6.07. The third kappa shape index (κ3) is 4.67. The number of carbonyl (C=O) groups excluding carboxylic acids is 1. The fourth-order valence-corrected chi connectivity index (χ4v) is 3.92. The van der Waals surface area contributed by atoms with Crippen molar-refractivity contribution >= 4 is 17.4 Å². The number of anilines is 2. The van der Waals surface area contributed by atoms with Crippen molar-refractivity contribution in [2.24, 2.45) is 5.92 Å². The summed E-state index contributed by atoms with van der Waals surface area (Å²) in [4.78, 5) is 15.0. The Hall–Kier alpha value is -3.21. The molecule has 1 aliphatic heterocycles. The minimum Gasteiger partial charge on any atom is -0.354 e. The molecule has 2 heterocycles. The summed E-state index contributed by atoms with van der Waals surface area (Å²) in [5, 5.41) is 11.9. The van der Waals surface area contributed by atoms with E-state index >= 15 is 0 Å². The predicted molar refractivity (Wildman–Crippen MR) is 122 cm³/mol. The Morgan fingerprint density at radius 1 is 1.10 bits per heavy atom. The average molecular weight is 401 g/mol. The molecule has 1 atom stereocenters. The lowest BCUT2D eigenvalue weighted by atomic mass is 9.97. The summed E-state index contributed by atoms with van der Waals surface area (Å²) in [6, 6.07) is 20.4. The van der Waals surface area contributed by atoms with Crippen molar-refractivity contribution in [1.29, 1.82) is 0 Å². The molecule has 3 aromatic rings. The second-order valence-corrected chi connectivity index (χ2v) is 7.97. The highest BCUT2D eigenvalue weighted by atomic mass is 16.1. The van der Waals surface area contributed by atoms with Crippen LogP contribution in [0.25, 0.3) is 11.3 Å². The van der Waals surface area contributed by atoms with Gasteiger partial charge in [0.2, 0.25) is 5.91 Å². The van der Waals surface area contributed by atoms with E-state index in [9.17, 15) is 4.79 Å². The van der Waals surface area contributed by atoms with Crippen LogP contribution in [0, 0.1) is 12.8 Å². The maximum atomic E-state index is 12.8. The molecular formula is C25H28N4O. The number of hydrogen-bond acceptors (Lipinski definition) is 4. The van der Waals surface area contributed by atoms with Crippen LogP contribution in [0.3, 0.4) is 0 Å². The van der Waals surface area contributed by atoms with E-state index in [2.05, 4.69) is 58.5 Å². The summed E-state index contributed by atoms with van der Waals surface area (Å²) in [6.07, 6.45) is 2.86. The van der Waals surface area contributed by atoms with Gasteiger partial charge < -0.3 is 10.2 Å². The molecule has 154 valence electrons. The van der Waals surface area contributed by atoms with E-state index in [1.165, 1.54) is 11.1 Å². The molecule has 0 spiro atoms. The molecule has 0 radical (unpaired) electrons. The van der Waals surface area contributed by atoms with Crippen molar-refractivity contribution in [2.75, 3.05) is 23.3 Å². The summed E-state index contributed by atoms with van der Waals surface area (Å²) < 4.78 is 0. The summed E-state index contributed by atoms with van der Waals surface area (Å²) in [6.45, 7) is 5.76. The first-order valence-corrected chi connectivity index (χ1v) is 10.7. The molecule has 1 saturated heterocycles. The molecule has 5 nitrogen and oxygen atoms in total. The number of nitrogens with zero attached hydrogens (tertiary/aromatic N) is 3. The number of amides is 1. The van der Waals surface area contributed by atoms with Crippen LogP contribution in [0.15, 0.2) is 60.7 Å². The highest BCUT2D eigenvalue weighted by Crippen LogP contribution is 2.24. The second kappa shape index (κ2) is 9.08. The van der Waals surface area contributed by atoms with Gasteiger partial charge in [-0.05, 0) is 62.1 Å². The van der Waals surface area contributed by atoms with Crippen LogP contribution in [0.4, 0.5) is 11.5 Å². The molecule has 2 aromatic carbocycles. The zero-order chi connectivity index (χ0) is 20.9. The van der Waals surface area contributed by atoms with E-state index in [0.29, 0.717) is 6.54 Å². The largest absolute Gasteiger partial charge is 0.354 e. The van der Waals surface area contributed by atoms with Crippen molar-refractivity contribution < 1.29 is 4.79 Å². The van der Waals surface area contributed by atoms with Crippen LogP contribution in [0.2, 0.25) is 0 Å². The number of benzene rings is 2. The normalized spacial score (nSPS) is 16.3. The summed E-state index contributed by atoms with van der Waals surface area (Å²) >= 11 is 0. The fourth-order valence-electron chi connectivity index (χ4n) is 3.92. The molecule has 0 aliphatic carbocycles. The zero-order valence-electron chi connectivity index (χ0n) is 17.6. The highest BCUT2D eigenvalue weighted by Gasteiger charge is 2.26. The van der Waals surface area contributed by atoms with Crippen molar-refractivity contribution in [1.82, 2.24) is 10.2 Å². The van der Waals surface area contributed by atoms with Crippen molar-refractivity contribution in [3.8, 4) is 11.3 Å². The highest BCUT2D eigenvalue weighted by molar-refractivity contribution is 5.93. The number of aryl methyl sites for hydroxylation is 2. The third-order valence-electron chi connectivity index (χ3n) is 5.71. The van der Waals surface area contributed by atoms with Gasteiger partial charge in [0.15, 0.2) is 5.82 Å². The zero-order valence-corrected chi connectivity index (χ0v) is 17.6. The summed E-state index contributed by atoms with van der Waals surface area (Å²) in [5.74, 6) is 0.854. The Morgan fingerprint density at radius 2 is 1.93 bits per heavy atom. The molecule has 0 unspecified atom stereocenters. The van der Waals surface area contributed by atoms with Crippen LogP contribution in [0.1, 0.15) is 30.9 Å². The van der Waals surface area contributed by atoms with Gasteiger partial charge in [-0.25, -0.2) is 0 Å². The number of nitrogens with one attached hydrogen (secondary N) is 1. The molecular weight excluding hydrogens is 372 g/mol. The van der Waals surface area contributed by atoms with Crippen molar-refractivity contribution in [3.05, 3.63) is 71.8 Å². The van der Waals surface area contributed by atoms with E-state index in [-0.39, 0.29) is 11.8 Å². The molecule has 1 aliphatic rings. The van der Waals surface area contributed by atoms with Gasteiger partial charge in [-0.3, -0.25) is 4.79 Å². The Bertz CT molecular complexity index is 998. The van der Waals surface area contributed by atoms with Gasteiger partial charge in [-0.1, -0.05) is 42.8 Å². The fraction of sp³-hybridized carbons (Fsp3) is 0.320.